The number of amides is 1. The summed E-state index contributed by atoms with van der Waals surface area (Å²) in [5, 5.41) is 3.01. The Hall–Kier alpha value is -2.05. The van der Waals surface area contributed by atoms with Gasteiger partial charge in [0.05, 0.1) is 33.3 Å². The second-order valence-corrected chi connectivity index (χ2v) is 7.48. The lowest BCUT2D eigenvalue weighted by Gasteiger charge is -2.36. The Labute approximate surface area is 163 Å². The van der Waals surface area contributed by atoms with Gasteiger partial charge in [-0.1, -0.05) is 22.0 Å². The molecule has 2 N–H and O–H groups in total. The number of piperazine rings is 1. The van der Waals surface area contributed by atoms with Crippen molar-refractivity contribution < 1.29 is 14.4 Å². The standard InChI is InChI=1S/C20H24BrN3O2/c1-15(20(25)22-17-8-6-16(21)7-9-17)23-10-12-24(13-11-23)18-4-3-5-19(14-18)26-2/h3-9,14-15H,10-13H2,1-2H3,(H,22,25)/p+1/t15-/m1/s1. The molecule has 0 unspecified atom stereocenters. The maximum Gasteiger partial charge on any atom is 0.282 e. The molecule has 6 heteroatoms. The summed E-state index contributed by atoms with van der Waals surface area (Å²) in [6.07, 6.45) is 0. The van der Waals surface area contributed by atoms with Gasteiger partial charge in [0.15, 0.2) is 6.04 Å². The minimum Gasteiger partial charge on any atom is -0.497 e. The van der Waals surface area contributed by atoms with Crippen LogP contribution in [0.1, 0.15) is 6.92 Å². The first-order valence-electron chi connectivity index (χ1n) is 8.87. The van der Waals surface area contributed by atoms with Crippen molar-refractivity contribution in [1.29, 1.82) is 0 Å². The van der Waals surface area contributed by atoms with Crippen LogP contribution >= 0.6 is 15.9 Å². The summed E-state index contributed by atoms with van der Waals surface area (Å²) in [5.41, 5.74) is 2.01. The molecule has 5 nitrogen and oxygen atoms in total. The zero-order valence-electron chi connectivity index (χ0n) is 15.2. The Morgan fingerprint density at radius 1 is 1.19 bits per heavy atom. The fourth-order valence-electron chi connectivity index (χ4n) is 3.26. The average molecular weight is 419 g/mol. The third kappa shape index (κ3) is 4.56. The van der Waals surface area contributed by atoms with Crippen molar-refractivity contribution in [3.63, 3.8) is 0 Å². The number of hydrogen-bond acceptors (Lipinski definition) is 3. The van der Waals surface area contributed by atoms with E-state index in [1.165, 1.54) is 10.6 Å². The van der Waals surface area contributed by atoms with Crippen LogP contribution in [0.3, 0.4) is 0 Å². The highest BCUT2D eigenvalue weighted by Gasteiger charge is 2.29. The summed E-state index contributed by atoms with van der Waals surface area (Å²) < 4.78 is 6.32. The van der Waals surface area contributed by atoms with Gasteiger partial charge in [-0.15, -0.1) is 0 Å². The van der Waals surface area contributed by atoms with E-state index in [0.29, 0.717) is 0 Å². The monoisotopic (exact) mass is 418 g/mol. The number of hydrogen-bond donors (Lipinski definition) is 2. The van der Waals surface area contributed by atoms with Crippen LogP contribution in [0.25, 0.3) is 0 Å². The zero-order valence-corrected chi connectivity index (χ0v) is 16.8. The van der Waals surface area contributed by atoms with Gasteiger partial charge in [0.1, 0.15) is 5.75 Å². The highest BCUT2D eigenvalue weighted by molar-refractivity contribution is 9.10. The largest absolute Gasteiger partial charge is 0.497 e. The smallest absolute Gasteiger partial charge is 0.282 e. The highest BCUT2D eigenvalue weighted by atomic mass is 79.9. The molecule has 2 aromatic carbocycles. The number of nitrogens with one attached hydrogen (secondary N) is 2. The van der Waals surface area contributed by atoms with Gasteiger partial charge < -0.3 is 19.9 Å². The minimum atomic E-state index is -0.0777. The molecule has 0 bridgehead atoms. The molecule has 0 radical (unpaired) electrons. The van der Waals surface area contributed by atoms with Crippen LogP contribution in [0.5, 0.6) is 5.75 Å². The Morgan fingerprint density at radius 3 is 2.54 bits per heavy atom. The molecule has 26 heavy (non-hydrogen) atoms. The molecular formula is C20H25BrN3O2+. The number of carbonyl (C=O) groups is 1. The number of rotatable bonds is 5. The van der Waals surface area contributed by atoms with Gasteiger partial charge in [-0.3, -0.25) is 4.79 Å². The number of benzene rings is 2. The van der Waals surface area contributed by atoms with E-state index in [2.05, 4.69) is 38.3 Å². The fourth-order valence-corrected chi connectivity index (χ4v) is 3.53. The lowest BCUT2D eigenvalue weighted by atomic mass is 10.2. The van der Waals surface area contributed by atoms with Gasteiger partial charge in [0.25, 0.3) is 5.91 Å². The van der Waals surface area contributed by atoms with Crippen molar-refractivity contribution in [2.45, 2.75) is 13.0 Å². The maximum absolute atomic E-state index is 12.6. The van der Waals surface area contributed by atoms with Gasteiger partial charge in [-0.2, -0.15) is 0 Å². The third-order valence-electron chi connectivity index (χ3n) is 4.94. The third-order valence-corrected chi connectivity index (χ3v) is 5.47. The number of anilines is 2. The van der Waals surface area contributed by atoms with Crippen LogP contribution in [-0.2, 0) is 4.79 Å². The molecule has 138 valence electrons. The topological polar surface area (TPSA) is 46.0 Å². The maximum atomic E-state index is 12.6. The summed E-state index contributed by atoms with van der Waals surface area (Å²) in [5.74, 6) is 0.941. The minimum absolute atomic E-state index is 0.0668. The number of quaternary nitrogens is 1. The molecule has 1 amide bonds. The van der Waals surface area contributed by atoms with E-state index < -0.39 is 0 Å². The Balaban J connectivity index is 1.55. The van der Waals surface area contributed by atoms with Gasteiger partial charge in [-0.25, -0.2) is 0 Å². The molecule has 0 spiro atoms. The number of carbonyl (C=O) groups excluding carboxylic acids is 1. The SMILES string of the molecule is COc1cccc(N2CC[NH+]([C@H](C)C(=O)Nc3ccc(Br)cc3)CC2)c1. The second-order valence-electron chi connectivity index (χ2n) is 6.56. The van der Waals surface area contributed by atoms with Crippen molar-refractivity contribution in [2.75, 3.05) is 43.5 Å². The molecule has 2 aromatic rings. The van der Waals surface area contributed by atoms with Crippen LogP contribution in [0.2, 0.25) is 0 Å². The first kappa shape index (κ1) is 18.7. The van der Waals surface area contributed by atoms with Crippen LogP contribution < -0.4 is 19.9 Å². The molecule has 1 atom stereocenters. The average Bonchev–Trinajstić information content (AvgIpc) is 2.69. The molecule has 0 saturated carbocycles. The first-order valence-corrected chi connectivity index (χ1v) is 9.66. The van der Waals surface area contributed by atoms with E-state index >= 15 is 0 Å². The van der Waals surface area contributed by atoms with E-state index in [1.807, 2.05) is 43.3 Å². The quantitative estimate of drug-likeness (QED) is 0.781. The van der Waals surface area contributed by atoms with E-state index in [1.54, 1.807) is 7.11 Å². The fraction of sp³-hybridized carbons (Fsp3) is 0.350. The molecule has 1 aliphatic heterocycles. The predicted molar refractivity (Wildman–Crippen MR) is 108 cm³/mol. The van der Waals surface area contributed by atoms with Crippen molar-refractivity contribution in [3.8, 4) is 5.75 Å². The molecule has 3 rings (SSSR count). The lowest BCUT2D eigenvalue weighted by Crippen LogP contribution is -3.19. The van der Waals surface area contributed by atoms with Gasteiger partial charge in [0, 0.05) is 21.9 Å². The van der Waals surface area contributed by atoms with Crippen molar-refractivity contribution >= 4 is 33.2 Å². The number of ether oxygens (including phenoxy) is 1. The number of methoxy groups -OCH3 is 1. The Morgan fingerprint density at radius 2 is 1.88 bits per heavy atom. The van der Waals surface area contributed by atoms with E-state index in [9.17, 15) is 4.79 Å². The predicted octanol–water partition coefficient (Wildman–Crippen LogP) is 2.19. The number of nitrogens with zero attached hydrogens (tertiary/aromatic N) is 1. The van der Waals surface area contributed by atoms with Crippen molar-refractivity contribution in [1.82, 2.24) is 0 Å². The molecule has 1 heterocycles. The number of halogens is 1. The zero-order chi connectivity index (χ0) is 18.5. The molecule has 1 saturated heterocycles. The summed E-state index contributed by atoms with van der Waals surface area (Å²) in [6.45, 7) is 5.74. The van der Waals surface area contributed by atoms with Crippen molar-refractivity contribution in [2.24, 2.45) is 0 Å². The van der Waals surface area contributed by atoms with Gasteiger partial charge >= 0.3 is 0 Å². The highest BCUT2D eigenvalue weighted by Crippen LogP contribution is 2.20. The van der Waals surface area contributed by atoms with Crippen LogP contribution in [0, 0.1) is 0 Å². The van der Waals surface area contributed by atoms with E-state index in [4.69, 9.17) is 4.74 Å². The van der Waals surface area contributed by atoms with E-state index in [-0.39, 0.29) is 11.9 Å². The van der Waals surface area contributed by atoms with Crippen LogP contribution in [0.4, 0.5) is 11.4 Å². The van der Waals surface area contributed by atoms with Gasteiger partial charge in [-0.05, 0) is 43.3 Å². The molecule has 1 aliphatic rings. The first-order chi connectivity index (χ1) is 12.6. The molecular weight excluding hydrogens is 394 g/mol. The summed E-state index contributed by atoms with van der Waals surface area (Å²) in [4.78, 5) is 16.2. The summed E-state index contributed by atoms with van der Waals surface area (Å²) in [6, 6.07) is 15.7. The second kappa shape index (κ2) is 8.56. The Bertz CT molecular complexity index is 743. The summed E-state index contributed by atoms with van der Waals surface area (Å²) in [7, 11) is 1.69. The Kier molecular flexibility index (Phi) is 6.16. The molecule has 0 aliphatic carbocycles. The van der Waals surface area contributed by atoms with Crippen LogP contribution in [0.15, 0.2) is 53.0 Å². The van der Waals surface area contributed by atoms with Gasteiger partial charge in [0.2, 0.25) is 0 Å². The van der Waals surface area contributed by atoms with Crippen LogP contribution in [-0.4, -0.2) is 45.2 Å². The normalized spacial score (nSPS) is 16.2. The molecule has 1 fully saturated rings. The van der Waals surface area contributed by atoms with Crippen molar-refractivity contribution in [3.05, 3.63) is 53.0 Å². The van der Waals surface area contributed by atoms with E-state index in [0.717, 1.165) is 42.1 Å². The summed E-state index contributed by atoms with van der Waals surface area (Å²) >= 11 is 3.41. The lowest BCUT2D eigenvalue weighted by molar-refractivity contribution is -0.914. The molecule has 0 aromatic heterocycles.